The Bertz CT molecular complexity index is 1150. The Hall–Kier alpha value is -2.26. The van der Waals surface area contributed by atoms with Crippen LogP contribution in [0.4, 0.5) is 0 Å². The summed E-state index contributed by atoms with van der Waals surface area (Å²) in [6.45, 7) is 0. The molecule has 21 heavy (non-hydrogen) atoms. The van der Waals surface area contributed by atoms with Gasteiger partial charge in [-0.05, 0) is 18.2 Å². The molecule has 0 fully saturated rings. The number of halogens is 1. The highest BCUT2D eigenvalue weighted by Crippen LogP contribution is 2.39. The number of H-pyrrole nitrogens is 2. The van der Waals surface area contributed by atoms with Crippen LogP contribution in [-0.2, 0) is 0 Å². The van der Waals surface area contributed by atoms with Crippen LogP contribution in [0, 0.1) is 0 Å². The third-order valence-corrected chi connectivity index (χ3v) is 4.84. The normalized spacial score (nSPS) is 12.0. The molecule has 0 bridgehead atoms. The molecule has 0 unspecified atom stereocenters. The highest BCUT2D eigenvalue weighted by atomic mass is 79.9. The molecule has 3 aromatic carbocycles. The van der Waals surface area contributed by atoms with E-state index in [4.69, 9.17) is 0 Å². The van der Waals surface area contributed by atoms with Crippen molar-refractivity contribution in [1.82, 2.24) is 9.97 Å². The van der Waals surface area contributed by atoms with Gasteiger partial charge in [0, 0.05) is 37.1 Å². The second-order valence-corrected chi connectivity index (χ2v) is 6.23. The minimum Gasteiger partial charge on any atom is -0.353 e. The maximum absolute atomic E-state index is 3.75. The lowest BCUT2D eigenvalue weighted by Gasteiger charge is -1.98. The van der Waals surface area contributed by atoms with Crippen molar-refractivity contribution >= 4 is 59.5 Å². The van der Waals surface area contributed by atoms with Crippen LogP contribution in [0.25, 0.3) is 43.6 Å². The Labute approximate surface area is 128 Å². The van der Waals surface area contributed by atoms with Crippen molar-refractivity contribution in [2.75, 3.05) is 0 Å². The molecule has 0 radical (unpaired) electrons. The summed E-state index contributed by atoms with van der Waals surface area (Å²) in [5, 5.41) is 5.00. The van der Waals surface area contributed by atoms with E-state index in [2.05, 4.69) is 80.5 Å². The summed E-state index contributed by atoms with van der Waals surface area (Å²) in [4.78, 5) is 7.12. The molecule has 0 aliphatic heterocycles. The molecule has 0 spiro atoms. The lowest BCUT2D eigenvalue weighted by Crippen LogP contribution is -1.75. The highest BCUT2D eigenvalue weighted by Gasteiger charge is 2.14. The molecule has 0 atom stereocenters. The van der Waals surface area contributed by atoms with Crippen LogP contribution < -0.4 is 0 Å². The van der Waals surface area contributed by atoms with E-state index < -0.39 is 0 Å². The number of aromatic amines is 2. The number of fused-ring (bicyclic) bond motifs is 7. The molecule has 0 aliphatic carbocycles. The monoisotopic (exact) mass is 334 g/mol. The standard InChI is InChI=1S/C18H11BrN2/c19-13-9-12-10-5-1-3-7-14(10)20-17(12)18-16(13)11-6-2-4-8-15(11)21-18/h1-9,20-21H. The topological polar surface area (TPSA) is 31.6 Å². The van der Waals surface area contributed by atoms with E-state index in [1.165, 1.54) is 38.1 Å². The zero-order chi connectivity index (χ0) is 14.0. The number of hydrogen-bond donors (Lipinski definition) is 2. The van der Waals surface area contributed by atoms with Crippen molar-refractivity contribution in [3.63, 3.8) is 0 Å². The SMILES string of the molecule is Brc1cc2c3ccccc3[nH]c2c2[nH]c3ccccc3c12. The van der Waals surface area contributed by atoms with E-state index in [0.29, 0.717) is 0 Å². The summed E-state index contributed by atoms with van der Waals surface area (Å²) >= 11 is 3.75. The lowest BCUT2D eigenvalue weighted by atomic mass is 10.1. The summed E-state index contributed by atoms with van der Waals surface area (Å²) in [6, 6.07) is 19.1. The van der Waals surface area contributed by atoms with Crippen molar-refractivity contribution in [3.8, 4) is 0 Å². The summed E-state index contributed by atoms with van der Waals surface area (Å²) in [5.74, 6) is 0. The first-order chi connectivity index (χ1) is 10.3. The predicted octanol–water partition coefficient (Wildman–Crippen LogP) is 5.72. The zero-order valence-corrected chi connectivity index (χ0v) is 12.7. The Morgan fingerprint density at radius 3 is 2.10 bits per heavy atom. The summed E-state index contributed by atoms with van der Waals surface area (Å²) in [7, 11) is 0. The molecular weight excluding hydrogens is 324 g/mol. The maximum atomic E-state index is 3.75. The average Bonchev–Trinajstić information content (AvgIpc) is 3.06. The minimum atomic E-state index is 1.13. The number of hydrogen-bond acceptors (Lipinski definition) is 0. The van der Waals surface area contributed by atoms with E-state index in [0.717, 1.165) is 9.99 Å². The van der Waals surface area contributed by atoms with Crippen LogP contribution in [0.3, 0.4) is 0 Å². The van der Waals surface area contributed by atoms with Gasteiger partial charge in [-0.2, -0.15) is 0 Å². The van der Waals surface area contributed by atoms with Crippen molar-refractivity contribution in [2.24, 2.45) is 0 Å². The molecule has 2 N–H and O–H groups in total. The number of para-hydroxylation sites is 2. The molecule has 100 valence electrons. The van der Waals surface area contributed by atoms with Gasteiger partial charge in [0.2, 0.25) is 0 Å². The molecule has 0 saturated carbocycles. The molecular formula is C18H11BrN2. The van der Waals surface area contributed by atoms with Gasteiger partial charge in [0.15, 0.2) is 0 Å². The van der Waals surface area contributed by atoms with Crippen LogP contribution in [0.1, 0.15) is 0 Å². The molecule has 2 aromatic heterocycles. The number of nitrogens with one attached hydrogen (secondary N) is 2. The van der Waals surface area contributed by atoms with Gasteiger partial charge in [-0.3, -0.25) is 0 Å². The van der Waals surface area contributed by atoms with Crippen LogP contribution >= 0.6 is 15.9 Å². The largest absolute Gasteiger partial charge is 0.353 e. The molecule has 5 aromatic rings. The second-order valence-electron chi connectivity index (χ2n) is 5.37. The maximum Gasteiger partial charge on any atom is 0.0722 e. The Balaban J connectivity index is 2.14. The van der Waals surface area contributed by atoms with E-state index in [1.54, 1.807) is 0 Å². The number of rotatable bonds is 0. The third kappa shape index (κ3) is 1.41. The van der Waals surface area contributed by atoms with Gasteiger partial charge in [-0.1, -0.05) is 52.3 Å². The molecule has 0 saturated heterocycles. The van der Waals surface area contributed by atoms with E-state index in [1.807, 2.05) is 0 Å². The quantitative estimate of drug-likeness (QED) is 0.363. The fourth-order valence-corrected chi connectivity index (χ4v) is 3.93. The average molecular weight is 335 g/mol. The lowest BCUT2D eigenvalue weighted by molar-refractivity contribution is 1.51. The summed E-state index contributed by atoms with van der Waals surface area (Å²) < 4.78 is 1.13. The summed E-state index contributed by atoms with van der Waals surface area (Å²) in [6.07, 6.45) is 0. The van der Waals surface area contributed by atoms with Gasteiger partial charge < -0.3 is 9.97 Å². The zero-order valence-electron chi connectivity index (χ0n) is 11.1. The Kier molecular flexibility index (Phi) is 2.11. The Morgan fingerprint density at radius 2 is 1.29 bits per heavy atom. The van der Waals surface area contributed by atoms with E-state index in [9.17, 15) is 0 Å². The molecule has 2 heterocycles. The van der Waals surface area contributed by atoms with E-state index in [-0.39, 0.29) is 0 Å². The first-order valence-corrected chi connectivity index (χ1v) is 7.71. The minimum absolute atomic E-state index is 1.13. The molecule has 0 aliphatic rings. The first-order valence-electron chi connectivity index (χ1n) is 6.92. The second kappa shape index (κ2) is 3.89. The highest BCUT2D eigenvalue weighted by molar-refractivity contribution is 9.10. The molecule has 3 heteroatoms. The molecule has 2 nitrogen and oxygen atoms in total. The summed E-state index contributed by atoms with van der Waals surface area (Å²) in [5.41, 5.74) is 4.67. The van der Waals surface area contributed by atoms with Crippen LogP contribution in [0.15, 0.2) is 59.1 Å². The Morgan fingerprint density at radius 1 is 0.667 bits per heavy atom. The fourth-order valence-electron chi connectivity index (χ4n) is 3.29. The fraction of sp³-hybridized carbons (Fsp3) is 0. The third-order valence-electron chi connectivity index (χ3n) is 4.21. The number of aromatic nitrogens is 2. The van der Waals surface area contributed by atoms with Gasteiger partial charge >= 0.3 is 0 Å². The van der Waals surface area contributed by atoms with Gasteiger partial charge in [-0.15, -0.1) is 0 Å². The predicted molar refractivity (Wildman–Crippen MR) is 92.9 cm³/mol. The van der Waals surface area contributed by atoms with Gasteiger partial charge in [0.05, 0.1) is 11.0 Å². The van der Waals surface area contributed by atoms with Crippen molar-refractivity contribution in [1.29, 1.82) is 0 Å². The van der Waals surface area contributed by atoms with Crippen LogP contribution in [-0.4, -0.2) is 9.97 Å². The molecule has 0 amide bonds. The van der Waals surface area contributed by atoms with Crippen LogP contribution in [0.5, 0.6) is 0 Å². The number of benzene rings is 3. The van der Waals surface area contributed by atoms with Crippen molar-refractivity contribution in [3.05, 3.63) is 59.1 Å². The van der Waals surface area contributed by atoms with Gasteiger partial charge in [0.25, 0.3) is 0 Å². The molecule has 5 rings (SSSR count). The first kappa shape index (κ1) is 11.4. The van der Waals surface area contributed by atoms with Crippen molar-refractivity contribution in [2.45, 2.75) is 0 Å². The van der Waals surface area contributed by atoms with Gasteiger partial charge in [0.1, 0.15) is 0 Å². The smallest absolute Gasteiger partial charge is 0.0722 e. The van der Waals surface area contributed by atoms with E-state index >= 15 is 0 Å². The van der Waals surface area contributed by atoms with Gasteiger partial charge in [-0.25, -0.2) is 0 Å². The van der Waals surface area contributed by atoms with Crippen molar-refractivity contribution < 1.29 is 0 Å². The van der Waals surface area contributed by atoms with Crippen LogP contribution in [0.2, 0.25) is 0 Å².